The number of hydrogen-bond acceptors (Lipinski definition) is 3. The molecule has 0 saturated carbocycles. The van der Waals surface area contributed by atoms with Crippen LogP contribution in [0.5, 0.6) is 0 Å². The van der Waals surface area contributed by atoms with Crippen LogP contribution in [0.3, 0.4) is 0 Å². The van der Waals surface area contributed by atoms with Gasteiger partial charge in [0, 0.05) is 18.5 Å². The van der Waals surface area contributed by atoms with E-state index in [0.717, 1.165) is 12.8 Å². The zero-order valence-electron chi connectivity index (χ0n) is 9.03. The molecular formula is C10H21NO2. The fraction of sp³-hybridized carbons (Fsp3) is 1.00. The van der Waals surface area contributed by atoms with Crippen LogP contribution >= 0.6 is 0 Å². The molecule has 0 spiro atoms. The number of aliphatic hydroxyl groups is 1. The lowest BCUT2D eigenvalue weighted by molar-refractivity contribution is -0.175. The lowest BCUT2D eigenvalue weighted by Gasteiger charge is -2.38. The number of nitrogens with zero attached hydrogens (tertiary/aromatic N) is 1. The number of rotatable bonds is 2. The predicted octanol–water partition coefficient (Wildman–Crippen LogP) is 1.21. The molecule has 1 N–H and O–H groups in total. The van der Waals surface area contributed by atoms with Gasteiger partial charge in [-0.2, -0.15) is 0 Å². The highest BCUT2D eigenvalue weighted by Crippen LogP contribution is 2.22. The minimum absolute atomic E-state index is 0.176. The van der Waals surface area contributed by atoms with Crippen molar-refractivity contribution in [2.24, 2.45) is 0 Å². The largest absolute Gasteiger partial charge is 0.368 e. The molecule has 1 fully saturated rings. The fourth-order valence-corrected chi connectivity index (χ4v) is 1.85. The summed E-state index contributed by atoms with van der Waals surface area (Å²) in [5, 5.41) is 9.43. The molecule has 0 aliphatic carbocycles. The van der Waals surface area contributed by atoms with Gasteiger partial charge in [-0.1, -0.05) is 0 Å². The van der Waals surface area contributed by atoms with E-state index in [0.29, 0.717) is 12.1 Å². The summed E-state index contributed by atoms with van der Waals surface area (Å²) in [5.41, 5.74) is 0. The van der Waals surface area contributed by atoms with Crippen molar-refractivity contribution in [3.05, 3.63) is 0 Å². The lowest BCUT2D eigenvalue weighted by Crippen LogP contribution is -2.45. The van der Waals surface area contributed by atoms with Crippen LogP contribution < -0.4 is 0 Å². The molecule has 1 rings (SSSR count). The molecule has 0 amide bonds. The van der Waals surface area contributed by atoms with Gasteiger partial charge in [-0.3, -0.25) is 0 Å². The highest BCUT2D eigenvalue weighted by atomic mass is 16.6. The summed E-state index contributed by atoms with van der Waals surface area (Å²) in [6.07, 6.45) is 1.36. The summed E-state index contributed by atoms with van der Waals surface area (Å²) in [6, 6.07) is 0.987. The van der Waals surface area contributed by atoms with Crippen molar-refractivity contribution in [1.82, 2.24) is 4.90 Å². The Labute approximate surface area is 80.7 Å². The van der Waals surface area contributed by atoms with Gasteiger partial charge in [-0.05, 0) is 34.2 Å². The minimum atomic E-state index is -0.574. The molecule has 1 aliphatic rings. The number of hydrogen-bond donors (Lipinski definition) is 1. The molecule has 0 aromatic rings. The summed E-state index contributed by atoms with van der Waals surface area (Å²) >= 11 is 0. The third kappa shape index (κ3) is 2.93. The van der Waals surface area contributed by atoms with Crippen molar-refractivity contribution in [3.8, 4) is 0 Å². The van der Waals surface area contributed by atoms with Gasteiger partial charge < -0.3 is 14.7 Å². The number of ether oxygens (including phenoxy) is 1. The molecular weight excluding hydrogens is 166 g/mol. The Morgan fingerprint density at radius 3 is 2.46 bits per heavy atom. The van der Waals surface area contributed by atoms with Gasteiger partial charge in [0.1, 0.15) is 0 Å². The van der Waals surface area contributed by atoms with E-state index in [1.807, 2.05) is 6.92 Å². The molecule has 0 aromatic heterocycles. The predicted molar refractivity (Wildman–Crippen MR) is 52.5 cm³/mol. The topological polar surface area (TPSA) is 32.7 Å². The van der Waals surface area contributed by atoms with E-state index < -0.39 is 6.29 Å². The summed E-state index contributed by atoms with van der Waals surface area (Å²) in [7, 11) is 2.11. The van der Waals surface area contributed by atoms with Crippen LogP contribution in [0, 0.1) is 0 Å². The Hall–Kier alpha value is -0.120. The summed E-state index contributed by atoms with van der Waals surface area (Å²) in [5.74, 6) is 0. The maximum atomic E-state index is 9.43. The van der Waals surface area contributed by atoms with Crippen molar-refractivity contribution in [1.29, 1.82) is 0 Å². The standard InChI is InChI=1S/C10H21NO2/c1-7(2)11(4)9-5-8(3)13-10(12)6-9/h7-10,12H,5-6H2,1-4H3. The Morgan fingerprint density at radius 1 is 1.38 bits per heavy atom. The van der Waals surface area contributed by atoms with Crippen molar-refractivity contribution < 1.29 is 9.84 Å². The van der Waals surface area contributed by atoms with Gasteiger partial charge in [0.25, 0.3) is 0 Å². The normalized spacial score (nSPS) is 35.8. The van der Waals surface area contributed by atoms with Crippen LogP contribution in [0.2, 0.25) is 0 Å². The van der Waals surface area contributed by atoms with Gasteiger partial charge in [0.15, 0.2) is 6.29 Å². The van der Waals surface area contributed by atoms with Crippen molar-refractivity contribution in [2.45, 2.75) is 58.1 Å². The van der Waals surface area contributed by atoms with Crippen LogP contribution in [-0.2, 0) is 4.74 Å². The van der Waals surface area contributed by atoms with Crippen LogP contribution in [0.15, 0.2) is 0 Å². The SMILES string of the molecule is CC1CC(N(C)C(C)C)CC(O)O1. The maximum Gasteiger partial charge on any atom is 0.156 e. The lowest BCUT2D eigenvalue weighted by atomic mass is 10.0. The summed E-state index contributed by atoms with van der Waals surface area (Å²) in [4.78, 5) is 2.31. The zero-order valence-corrected chi connectivity index (χ0v) is 9.03. The Balaban J connectivity index is 2.49. The molecule has 0 radical (unpaired) electrons. The molecule has 1 heterocycles. The average molecular weight is 187 g/mol. The Morgan fingerprint density at radius 2 is 2.00 bits per heavy atom. The second kappa shape index (κ2) is 4.40. The third-order valence-electron chi connectivity index (χ3n) is 2.86. The van der Waals surface area contributed by atoms with Crippen LogP contribution in [-0.4, -0.2) is 41.5 Å². The minimum Gasteiger partial charge on any atom is -0.368 e. The quantitative estimate of drug-likeness (QED) is 0.705. The molecule has 3 unspecified atom stereocenters. The number of aliphatic hydroxyl groups excluding tert-OH is 1. The van der Waals surface area contributed by atoms with Crippen molar-refractivity contribution in [3.63, 3.8) is 0 Å². The first kappa shape index (κ1) is 11.0. The Kier molecular flexibility index (Phi) is 3.71. The van der Waals surface area contributed by atoms with Gasteiger partial charge in [0.05, 0.1) is 6.10 Å². The van der Waals surface area contributed by atoms with Gasteiger partial charge in [0.2, 0.25) is 0 Å². The third-order valence-corrected chi connectivity index (χ3v) is 2.86. The highest BCUT2D eigenvalue weighted by molar-refractivity contribution is 4.79. The van der Waals surface area contributed by atoms with Gasteiger partial charge in [-0.15, -0.1) is 0 Å². The molecule has 1 aliphatic heterocycles. The van der Waals surface area contributed by atoms with Crippen LogP contribution in [0.1, 0.15) is 33.6 Å². The van der Waals surface area contributed by atoms with Gasteiger partial charge in [-0.25, -0.2) is 0 Å². The van der Waals surface area contributed by atoms with E-state index in [1.165, 1.54) is 0 Å². The molecule has 0 aromatic carbocycles. The monoisotopic (exact) mass is 187 g/mol. The second-order valence-corrected chi connectivity index (χ2v) is 4.29. The molecule has 78 valence electrons. The smallest absolute Gasteiger partial charge is 0.156 e. The van der Waals surface area contributed by atoms with Crippen molar-refractivity contribution in [2.75, 3.05) is 7.05 Å². The highest BCUT2D eigenvalue weighted by Gasteiger charge is 2.28. The Bertz CT molecular complexity index is 151. The molecule has 3 heteroatoms. The first-order chi connectivity index (χ1) is 6.00. The van der Waals surface area contributed by atoms with Crippen LogP contribution in [0.25, 0.3) is 0 Å². The van der Waals surface area contributed by atoms with Gasteiger partial charge >= 0.3 is 0 Å². The molecule has 13 heavy (non-hydrogen) atoms. The van der Waals surface area contributed by atoms with Crippen molar-refractivity contribution >= 4 is 0 Å². The average Bonchev–Trinajstić information content (AvgIpc) is 2.01. The zero-order chi connectivity index (χ0) is 10.0. The summed E-state index contributed by atoms with van der Waals surface area (Å²) in [6.45, 7) is 6.36. The molecule has 0 bridgehead atoms. The molecule has 3 nitrogen and oxygen atoms in total. The first-order valence-electron chi connectivity index (χ1n) is 5.06. The van der Waals surface area contributed by atoms with E-state index >= 15 is 0 Å². The summed E-state index contributed by atoms with van der Waals surface area (Å²) < 4.78 is 5.28. The van der Waals surface area contributed by atoms with Crippen LogP contribution in [0.4, 0.5) is 0 Å². The van der Waals surface area contributed by atoms with E-state index in [2.05, 4.69) is 25.8 Å². The van der Waals surface area contributed by atoms with E-state index in [1.54, 1.807) is 0 Å². The van der Waals surface area contributed by atoms with E-state index in [-0.39, 0.29) is 6.10 Å². The molecule has 3 atom stereocenters. The second-order valence-electron chi connectivity index (χ2n) is 4.29. The molecule has 1 saturated heterocycles. The van der Waals surface area contributed by atoms with E-state index in [9.17, 15) is 5.11 Å². The fourth-order valence-electron chi connectivity index (χ4n) is 1.85. The first-order valence-corrected chi connectivity index (χ1v) is 5.06. The maximum absolute atomic E-state index is 9.43. The van der Waals surface area contributed by atoms with E-state index in [4.69, 9.17) is 4.74 Å².